The first kappa shape index (κ1) is 16.3. The summed E-state index contributed by atoms with van der Waals surface area (Å²) >= 11 is 0. The molecule has 1 aliphatic heterocycles. The molecule has 0 aliphatic carbocycles. The zero-order chi connectivity index (χ0) is 17.3. The Hall–Kier alpha value is -2.57. The maximum absolute atomic E-state index is 13.4. The summed E-state index contributed by atoms with van der Waals surface area (Å²) < 4.78 is 26.7. The number of nitrogens with zero attached hydrogens (tertiary/aromatic N) is 2. The van der Waals surface area contributed by atoms with Gasteiger partial charge in [-0.25, -0.2) is 8.78 Å². The van der Waals surface area contributed by atoms with E-state index >= 15 is 0 Å². The monoisotopic (exact) mass is 333 g/mol. The van der Waals surface area contributed by atoms with Gasteiger partial charge in [-0.2, -0.15) is 0 Å². The van der Waals surface area contributed by atoms with Crippen molar-refractivity contribution in [1.29, 1.82) is 0 Å². The number of fused-ring (bicyclic) bond motifs is 1. The lowest BCUT2D eigenvalue weighted by Gasteiger charge is -2.21. The van der Waals surface area contributed by atoms with E-state index in [1.165, 1.54) is 6.20 Å². The summed E-state index contributed by atoms with van der Waals surface area (Å²) in [7, 11) is 0. The number of amides is 2. The number of alkyl halides is 2. The van der Waals surface area contributed by atoms with E-state index < -0.39 is 30.3 Å². The van der Waals surface area contributed by atoms with E-state index in [2.05, 4.69) is 10.3 Å². The summed E-state index contributed by atoms with van der Waals surface area (Å²) in [4.78, 5) is 29.7. The zero-order valence-corrected chi connectivity index (χ0v) is 13.1. The average Bonchev–Trinajstić information content (AvgIpc) is 2.84. The Labute approximate surface area is 137 Å². The third-order valence-electron chi connectivity index (χ3n) is 4.14. The molecule has 1 atom stereocenters. The molecular weight excluding hydrogens is 316 g/mol. The van der Waals surface area contributed by atoms with Crippen molar-refractivity contribution in [3.63, 3.8) is 0 Å². The van der Waals surface area contributed by atoms with Gasteiger partial charge in [-0.3, -0.25) is 14.6 Å². The molecule has 7 heteroatoms. The van der Waals surface area contributed by atoms with Crippen LogP contribution in [0, 0.1) is 0 Å². The molecule has 126 valence electrons. The molecule has 2 amide bonds. The van der Waals surface area contributed by atoms with Gasteiger partial charge in [0, 0.05) is 24.0 Å². The van der Waals surface area contributed by atoms with Crippen molar-refractivity contribution in [2.75, 3.05) is 13.1 Å². The molecule has 0 spiro atoms. The Bertz CT molecular complexity index is 789. The minimum absolute atomic E-state index is 0.310. The van der Waals surface area contributed by atoms with Gasteiger partial charge in [0.1, 0.15) is 0 Å². The number of halogens is 2. The van der Waals surface area contributed by atoms with Gasteiger partial charge in [-0.15, -0.1) is 0 Å². The predicted octanol–water partition coefficient (Wildman–Crippen LogP) is 2.22. The van der Waals surface area contributed by atoms with Crippen molar-refractivity contribution in [2.45, 2.75) is 25.3 Å². The fourth-order valence-electron chi connectivity index (χ4n) is 2.99. The van der Waals surface area contributed by atoms with Gasteiger partial charge in [0.25, 0.3) is 11.8 Å². The highest BCUT2D eigenvalue weighted by atomic mass is 19.3. The Kier molecular flexibility index (Phi) is 4.17. The van der Waals surface area contributed by atoms with E-state index in [0.29, 0.717) is 16.5 Å². The molecule has 3 rings (SSSR count). The second-order valence-electron chi connectivity index (χ2n) is 5.99. The summed E-state index contributed by atoms with van der Waals surface area (Å²) in [5.74, 6) is -3.80. The molecule has 1 aliphatic rings. The van der Waals surface area contributed by atoms with Gasteiger partial charge in [0.15, 0.2) is 0 Å². The number of hydrogen-bond acceptors (Lipinski definition) is 3. The number of nitrogens with one attached hydrogen (secondary N) is 1. The topological polar surface area (TPSA) is 62.3 Å². The lowest BCUT2D eigenvalue weighted by Crippen LogP contribution is -2.42. The Morgan fingerprint density at radius 3 is 2.79 bits per heavy atom. The molecule has 0 saturated carbocycles. The van der Waals surface area contributed by atoms with Crippen LogP contribution in [0.15, 0.2) is 36.5 Å². The summed E-state index contributed by atoms with van der Waals surface area (Å²) in [6, 6.07) is 8.18. The van der Waals surface area contributed by atoms with Crippen LogP contribution in [0.25, 0.3) is 10.9 Å². The molecule has 1 N–H and O–H groups in total. The molecule has 0 bridgehead atoms. The summed E-state index contributed by atoms with van der Waals surface area (Å²) in [5.41, 5.74) is 1.07. The molecule has 1 aromatic carbocycles. The van der Waals surface area contributed by atoms with Crippen LogP contribution in [0.1, 0.15) is 23.7 Å². The van der Waals surface area contributed by atoms with Gasteiger partial charge in [-0.1, -0.05) is 18.2 Å². The number of aromatic nitrogens is 1. The first-order valence-electron chi connectivity index (χ1n) is 7.67. The van der Waals surface area contributed by atoms with Crippen LogP contribution in [-0.2, 0) is 4.79 Å². The molecule has 2 aromatic rings. The predicted molar refractivity (Wildman–Crippen MR) is 84.8 cm³/mol. The highest BCUT2D eigenvalue weighted by Crippen LogP contribution is 2.31. The van der Waals surface area contributed by atoms with E-state index in [4.69, 9.17) is 0 Å². The molecule has 0 radical (unpaired) electrons. The first-order valence-corrected chi connectivity index (χ1v) is 7.67. The minimum Gasteiger partial charge on any atom is -0.343 e. The number of rotatable bonds is 3. The van der Waals surface area contributed by atoms with E-state index in [0.717, 1.165) is 4.90 Å². The van der Waals surface area contributed by atoms with Crippen molar-refractivity contribution >= 4 is 22.7 Å². The third kappa shape index (κ3) is 3.20. The number of pyridine rings is 1. The largest absolute Gasteiger partial charge is 0.343 e. The van der Waals surface area contributed by atoms with E-state index in [1.807, 2.05) is 6.07 Å². The number of benzene rings is 1. The average molecular weight is 333 g/mol. The van der Waals surface area contributed by atoms with Crippen LogP contribution in [0.4, 0.5) is 8.78 Å². The lowest BCUT2D eigenvalue weighted by atomic mass is 10.1. The Morgan fingerprint density at radius 2 is 2.08 bits per heavy atom. The molecule has 1 fully saturated rings. The summed E-state index contributed by atoms with van der Waals surface area (Å²) in [6.45, 7) is 0.675. The highest BCUT2D eigenvalue weighted by Gasteiger charge is 2.44. The SMILES string of the molecule is CC1CC(F)(F)CN1C(=O)CNC(=O)c1ccnc2ccccc12. The summed E-state index contributed by atoms with van der Waals surface area (Å²) in [6.07, 6.45) is 1.17. The van der Waals surface area contributed by atoms with Crippen molar-refractivity contribution in [1.82, 2.24) is 15.2 Å². The van der Waals surface area contributed by atoms with Gasteiger partial charge in [0.2, 0.25) is 5.91 Å². The minimum atomic E-state index is -2.86. The Balaban J connectivity index is 1.68. The van der Waals surface area contributed by atoms with Gasteiger partial charge < -0.3 is 10.2 Å². The number of hydrogen-bond donors (Lipinski definition) is 1. The second-order valence-corrected chi connectivity index (χ2v) is 5.99. The number of carbonyl (C=O) groups is 2. The highest BCUT2D eigenvalue weighted by molar-refractivity contribution is 6.06. The zero-order valence-electron chi connectivity index (χ0n) is 13.1. The maximum Gasteiger partial charge on any atom is 0.267 e. The fourth-order valence-corrected chi connectivity index (χ4v) is 2.99. The van der Waals surface area contributed by atoms with Crippen LogP contribution in [0.5, 0.6) is 0 Å². The number of likely N-dealkylation sites (tertiary alicyclic amines) is 1. The first-order chi connectivity index (χ1) is 11.4. The van der Waals surface area contributed by atoms with Crippen LogP contribution < -0.4 is 5.32 Å². The lowest BCUT2D eigenvalue weighted by molar-refractivity contribution is -0.131. The smallest absolute Gasteiger partial charge is 0.267 e. The maximum atomic E-state index is 13.4. The van der Waals surface area contributed by atoms with Crippen molar-refractivity contribution < 1.29 is 18.4 Å². The summed E-state index contributed by atoms with van der Waals surface area (Å²) in [5, 5.41) is 3.19. The van der Waals surface area contributed by atoms with E-state index in [9.17, 15) is 18.4 Å². The fraction of sp³-hybridized carbons (Fsp3) is 0.353. The van der Waals surface area contributed by atoms with Gasteiger partial charge >= 0.3 is 0 Å². The van der Waals surface area contributed by atoms with Crippen LogP contribution >= 0.6 is 0 Å². The molecule has 5 nitrogen and oxygen atoms in total. The van der Waals surface area contributed by atoms with E-state index in [1.54, 1.807) is 31.2 Å². The number of carbonyl (C=O) groups excluding carboxylic acids is 2. The molecule has 24 heavy (non-hydrogen) atoms. The van der Waals surface area contributed by atoms with Crippen LogP contribution in [0.2, 0.25) is 0 Å². The van der Waals surface area contributed by atoms with Gasteiger partial charge in [0.05, 0.1) is 24.2 Å². The quantitative estimate of drug-likeness (QED) is 0.937. The third-order valence-corrected chi connectivity index (χ3v) is 4.14. The molecule has 2 heterocycles. The second kappa shape index (κ2) is 6.14. The van der Waals surface area contributed by atoms with Gasteiger partial charge in [-0.05, 0) is 19.1 Å². The standard InChI is InChI=1S/C17H17F2N3O2/c1-11-8-17(18,19)10-22(11)15(23)9-21-16(24)13-6-7-20-14-5-3-2-4-12(13)14/h2-7,11H,8-10H2,1H3,(H,21,24). The van der Waals surface area contributed by atoms with Crippen molar-refractivity contribution in [3.8, 4) is 0 Å². The van der Waals surface area contributed by atoms with Crippen LogP contribution in [-0.4, -0.2) is 46.8 Å². The van der Waals surface area contributed by atoms with Crippen LogP contribution in [0.3, 0.4) is 0 Å². The van der Waals surface area contributed by atoms with E-state index in [-0.39, 0.29) is 13.0 Å². The normalized spacial score (nSPS) is 19.5. The molecule has 1 aromatic heterocycles. The van der Waals surface area contributed by atoms with Crippen molar-refractivity contribution in [2.24, 2.45) is 0 Å². The Morgan fingerprint density at radius 1 is 1.33 bits per heavy atom. The van der Waals surface area contributed by atoms with Crippen molar-refractivity contribution in [3.05, 3.63) is 42.1 Å². The number of para-hydroxylation sites is 1. The molecular formula is C17H17F2N3O2. The molecule has 1 unspecified atom stereocenters. The molecule has 1 saturated heterocycles.